The highest BCUT2D eigenvalue weighted by atomic mass is 16.5. The first kappa shape index (κ1) is 14.6. The molecule has 3 N–H and O–H groups in total. The second-order valence-corrected chi connectivity index (χ2v) is 4.54. The highest BCUT2D eigenvalue weighted by molar-refractivity contribution is 5.19. The lowest BCUT2D eigenvalue weighted by Crippen LogP contribution is -2.42. The van der Waals surface area contributed by atoms with Gasteiger partial charge in [-0.2, -0.15) is 5.10 Å². The Morgan fingerprint density at radius 2 is 2.10 bits per heavy atom. The molecule has 0 bridgehead atoms. The van der Waals surface area contributed by atoms with Crippen molar-refractivity contribution < 1.29 is 4.74 Å². The summed E-state index contributed by atoms with van der Waals surface area (Å²) in [4.78, 5) is 4.29. The number of hydrazine groups is 1. The third-order valence-electron chi connectivity index (χ3n) is 3.36. The van der Waals surface area contributed by atoms with Gasteiger partial charge in [-0.25, -0.2) is 4.98 Å². The molecule has 0 saturated heterocycles. The van der Waals surface area contributed by atoms with E-state index in [2.05, 4.69) is 15.5 Å². The molecule has 2 unspecified atom stereocenters. The van der Waals surface area contributed by atoms with Crippen molar-refractivity contribution in [1.82, 2.24) is 20.2 Å². The highest BCUT2D eigenvalue weighted by Gasteiger charge is 2.24. The second-order valence-electron chi connectivity index (χ2n) is 4.54. The van der Waals surface area contributed by atoms with Crippen LogP contribution in [0.5, 0.6) is 0 Å². The minimum Gasteiger partial charge on any atom is -0.375 e. The van der Waals surface area contributed by atoms with E-state index >= 15 is 0 Å². The summed E-state index contributed by atoms with van der Waals surface area (Å²) in [5.74, 6) is 6.60. The molecule has 0 fully saturated rings. The third kappa shape index (κ3) is 3.22. The zero-order chi connectivity index (χ0) is 14.4. The van der Waals surface area contributed by atoms with Crippen molar-refractivity contribution in [3.05, 3.63) is 48.0 Å². The maximum atomic E-state index is 5.71. The molecular formula is C14H21N5O. The Labute approximate surface area is 118 Å². The zero-order valence-corrected chi connectivity index (χ0v) is 11.9. The van der Waals surface area contributed by atoms with Crippen LogP contribution < -0.4 is 11.3 Å². The van der Waals surface area contributed by atoms with Crippen LogP contribution in [-0.2, 0) is 17.7 Å². The Balaban J connectivity index is 2.18. The van der Waals surface area contributed by atoms with Crippen molar-refractivity contribution in [2.75, 3.05) is 7.11 Å². The molecular weight excluding hydrogens is 254 g/mol. The van der Waals surface area contributed by atoms with Gasteiger partial charge in [0.15, 0.2) is 0 Å². The number of rotatable bonds is 7. The Morgan fingerprint density at radius 3 is 2.70 bits per heavy atom. The number of benzene rings is 1. The van der Waals surface area contributed by atoms with Crippen LogP contribution in [0.3, 0.4) is 0 Å². The van der Waals surface area contributed by atoms with Crippen molar-refractivity contribution in [2.24, 2.45) is 5.84 Å². The number of nitrogens with zero attached hydrogens (tertiary/aromatic N) is 3. The molecule has 0 radical (unpaired) electrons. The van der Waals surface area contributed by atoms with Gasteiger partial charge in [0, 0.05) is 20.1 Å². The topological polar surface area (TPSA) is 78.0 Å². The van der Waals surface area contributed by atoms with Gasteiger partial charge >= 0.3 is 0 Å². The molecule has 2 rings (SSSR count). The molecule has 2 atom stereocenters. The van der Waals surface area contributed by atoms with Gasteiger partial charge in [0.1, 0.15) is 12.2 Å². The van der Waals surface area contributed by atoms with E-state index in [9.17, 15) is 0 Å². The van der Waals surface area contributed by atoms with E-state index in [-0.39, 0.29) is 12.1 Å². The average Bonchev–Trinajstić information content (AvgIpc) is 2.95. The summed E-state index contributed by atoms with van der Waals surface area (Å²) in [6, 6.07) is 9.95. The molecule has 1 aromatic carbocycles. The summed E-state index contributed by atoms with van der Waals surface area (Å²) >= 11 is 0. The van der Waals surface area contributed by atoms with E-state index in [1.54, 1.807) is 13.4 Å². The molecule has 0 aliphatic heterocycles. The van der Waals surface area contributed by atoms with Gasteiger partial charge in [0.05, 0.1) is 12.1 Å². The standard InChI is InChI=1S/C14H21N5O/c1-3-19-13(16-10-17-19)9-12(18-15)14(20-2)11-7-5-4-6-8-11/h4-8,10,12,14,18H,3,9,15H2,1-2H3. The smallest absolute Gasteiger partial charge is 0.138 e. The van der Waals surface area contributed by atoms with E-state index < -0.39 is 0 Å². The van der Waals surface area contributed by atoms with Crippen molar-refractivity contribution in [2.45, 2.75) is 32.0 Å². The van der Waals surface area contributed by atoms with Crippen LogP contribution in [0.4, 0.5) is 0 Å². The first-order valence-electron chi connectivity index (χ1n) is 6.70. The molecule has 6 heteroatoms. The van der Waals surface area contributed by atoms with Crippen molar-refractivity contribution >= 4 is 0 Å². The Kier molecular flexibility index (Phi) is 5.23. The van der Waals surface area contributed by atoms with Crippen LogP contribution in [0.15, 0.2) is 36.7 Å². The van der Waals surface area contributed by atoms with E-state index in [0.717, 1.165) is 17.9 Å². The largest absolute Gasteiger partial charge is 0.375 e. The van der Waals surface area contributed by atoms with E-state index in [4.69, 9.17) is 10.6 Å². The summed E-state index contributed by atoms with van der Waals surface area (Å²) in [6.07, 6.45) is 2.08. The predicted octanol–water partition coefficient (Wildman–Crippen LogP) is 1.06. The lowest BCUT2D eigenvalue weighted by atomic mass is 9.99. The van der Waals surface area contributed by atoms with Gasteiger partial charge in [-0.15, -0.1) is 0 Å². The maximum absolute atomic E-state index is 5.71. The summed E-state index contributed by atoms with van der Waals surface area (Å²) in [5, 5.41) is 4.18. The van der Waals surface area contributed by atoms with Crippen molar-refractivity contribution in [1.29, 1.82) is 0 Å². The van der Waals surface area contributed by atoms with Gasteiger partial charge in [-0.3, -0.25) is 16.0 Å². The molecule has 6 nitrogen and oxygen atoms in total. The summed E-state index contributed by atoms with van der Waals surface area (Å²) in [5.41, 5.74) is 3.92. The fourth-order valence-corrected chi connectivity index (χ4v) is 2.34. The number of nitrogens with two attached hydrogens (primary N) is 1. The molecule has 0 saturated carbocycles. The van der Waals surface area contributed by atoms with E-state index in [1.807, 2.05) is 41.9 Å². The number of methoxy groups -OCH3 is 1. The van der Waals surface area contributed by atoms with E-state index in [1.165, 1.54) is 0 Å². The molecule has 1 aromatic heterocycles. The lowest BCUT2D eigenvalue weighted by molar-refractivity contribution is 0.0668. The molecule has 0 aliphatic carbocycles. The fourth-order valence-electron chi connectivity index (χ4n) is 2.34. The second kappa shape index (κ2) is 7.14. The van der Waals surface area contributed by atoms with Crippen molar-refractivity contribution in [3.8, 4) is 0 Å². The van der Waals surface area contributed by atoms with Gasteiger partial charge in [-0.1, -0.05) is 30.3 Å². The SMILES string of the molecule is CCn1ncnc1CC(NN)C(OC)c1ccccc1. The molecule has 0 aliphatic rings. The number of hydrogen-bond acceptors (Lipinski definition) is 5. The predicted molar refractivity (Wildman–Crippen MR) is 76.7 cm³/mol. The summed E-state index contributed by atoms with van der Waals surface area (Å²) < 4.78 is 7.47. The minimum absolute atomic E-state index is 0.0723. The first-order valence-corrected chi connectivity index (χ1v) is 6.70. The van der Waals surface area contributed by atoms with E-state index in [0.29, 0.717) is 6.42 Å². The number of aromatic nitrogens is 3. The van der Waals surface area contributed by atoms with Gasteiger partial charge in [0.2, 0.25) is 0 Å². The van der Waals surface area contributed by atoms with Crippen LogP contribution in [-0.4, -0.2) is 27.9 Å². The quantitative estimate of drug-likeness (QED) is 0.583. The molecule has 2 aromatic rings. The first-order chi connectivity index (χ1) is 9.80. The number of nitrogens with one attached hydrogen (secondary N) is 1. The minimum atomic E-state index is -0.136. The molecule has 0 spiro atoms. The third-order valence-corrected chi connectivity index (χ3v) is 3.36. The van der Waals surface area contributed by atoms with Crippen LogP contribution in [0, 0.1) is 0 Å². The summed E-state index contributed by atoms with van der Waals surface area (Å²) in [7, 11) is 1.69. The summed E-state index contributed by atoms with van der Waals surface area (Å²) in [6.45, 7) is 2.82. The van der Waals surface area contributed by atoms with Crippen LogP contribution >= 0.6 is 0 Å². The average molecular weight is 275 g/mol. The maximum Gasteiger partial charge on any atom is 0.138 e. The number of ether oxygens (including phenoxy) is 1. The normalized spacial score (nSPS) is 14.2. The van der Waals surface area contributed by atoms with Crippen LogP contribution in [0.25, 0.3) is 0 Å². The number of hydrogen-bond donors (Lipinski definition) is 2. The van der Waals surface area contributed by atoms with Gasteiger partial charge in [0.25, 0.3) is 0 Å². The molecule has 108 valence electrons. The van der Waals surface area contributed by atoms with Crippen LogP contribution in [0.2, 0.25) is 0 Å². The number of aryl methyl sites for hydroxylation is 1. The highest BCUT2D eigenvalue weighted by Crippen LogP contribution is 2.22. The lowest BCUT2D eigenvalue weighted by Gasteiger charge is -2.25. The van der Waals surface area contributed by atoms with Gasteiger partial charge in [-0.05, 0) is 12.5 Å². The zero-order valence-electron chi connectivity index (χ0n) is 11.9. The van der Waals surface area contributed by atoms with Crippen molar-refractivity contribution in [3.63, 3.8) is 0 Å². The Bertz CT molecular complexity index is 513. The molecule has 1 heterocycles. The Hall–Kier alpha value is -1.76. The molecule has 0 amide bonds. The van der Waals surface area contributed by atoms with Gasteiger partial charge < -0.3 is 4.74 Å². The fraction of sp³-hybridized carbons (Fsp3) is 0.429. The van der Waals surface area contributed by atoms with Crippen LogP contribution in [0.1, 0.15) is 24.4 Å². The monoisotopic (exact) mass is 275 g/mol. The Morgan fingerprint density at radius 1 is 1.35 bits per heavy atom. The molecule has 20 heavy (non-hydrogen) atoms.